The van der Waals surface area contributed by atoms with Gasteiger partial charge in [-0.1, -0.05) is 20.8 Å². The van der Waals surface area contributed by atoms with Gasteiger partial charge < -0.3 is 26.0 Å². The van der Waals surface area contributed by atoms with E-state index in [1.165, 1.54) is 20.8 Å². The highest BCUT2D eigenvalue weighted by Crippen LogP contribution is 2.55. The average Bonchev–Trinajstić information content (AvgIpc) is 2.54. The molecule has 0 amide bonds. The Kier molecular flexibility index (Phi) is 10.5. The lowest BCUT2D eigenvalue weighted by atomic mass is 11.0. The van der Waals surface area contributed by atoms with Gasteiger partial charge in [-0.2, -0.15) is 0 Å². The van der Waals surface area contributed by atoms with E-state index in [4.69, 9.17) is 26.0 Å². The second kappa shape index (κ2) is 10.1. The molecule has 132 valence electrons. The summed E-state index contributed by atoms with van der Waals surface area (Å²) in [5, 5.41) is 27.4. The van der Waals surface area contributed by atoms with Gasteiger partial charge in [0.2, 0.25) is 22.1 Å². The second-order valence-electron chi connectivity index (χ2n) is 4.42. The summed E-state index contributed by atoms with van der Waals surface area (Å²) in [6.07, 6.45) is -2.39. The summed E-state index contributed by atoms with van der Waals surface area (Å²) in [4.78, 5) is 0. The van der Waals surface area contributed by atoms with Crippen molar-refractivity contribution in [3.05, 3.63) is 0 Å². The molecule has 0 saturated carbocycles. The van der Waals surface area contributed by atoms with Crippen LogP contribution in [0.25, 0.3) is 0 Å². The third-order valence-electron chi connectivity index (χ3n) is 2.93. The van der Waals surface area contributed by atoms with Crippen molar-refractivity contribution < 1.29 is 39.7 Å². The summed E-state index contributed by atoms with van der Waals surface area (Å²) in [5.41, 5.74) is 0. The maximum atomic E-state index is 12.2. The number of rotatable bonds is 12. The first-order chi connectivity index (χ1) is 10.1. The van der Waals surface area contributed by atoms with Gasteiger partial charge in [-0.25, -0.2) is 0 Å². The van der Waals surface area contributed by atoms with Gasteiger partial charge in [-0.3, -0.25) is 13.7 Å². The largest absolute Gasteiger partial charge is 0.921 e. The lowest BCUT2D eigenvalue weighted by molar-refractivity contribution is 0.262. The van der Waals surface area contributed by atoms with E-state index in [2.05, 4.69) is 0 Å². The van der Waals surface area contributed by atoms with Crippen LogP contribution in [-0.4, -0.2) is 68.0 Å². The fourth-order valence-electron chi connectivity index (χ4n) is 1.15. The third kappa shape index (κ3) is 7.26. The van der Waals surface area contributed by atoms with Gasteiger partial charge in [-0.05, 0) is 0 Å². The minimum atomic E-state index is -3.49. The molecular weight excluding hydrogens is 372 g/mol. The summed E-state index contributed by atoms with van der Waals surface area (Å²) in [5.74, 6) is 0. The van der Waals surface area contributed by atoms with E-state index in [1.807, 2.05) is 0 Å². The van der Waals surface area contributed by atoms with Crippen molar-refractivity contribution in [1.29, 1.82) is 0 Å². The van der Waals surface area contributed by atoms with Gasteiger partial charge in [0, 0.05) is 18.5 Å². The van der Waals surface area contributed by atoms with Gasteiger partial charge >= 0.3 is 15.1 Å². The van der Waals surface area contributed by atoms with Crippen molar-refractivity contribution in [3.63, 3.8) is 0 Å². The van der Waals surface area contributed by atoms with E-state index in [0.717, 1.165) is 0 Å². The molecule has 0 aromatic rings. The quantitative estimate of drug-likeness (QED) is 0.333. The second-order valence-corrected chi connectivity index (χ2v) is 15.2. The topological polar surface area (TPSA) is 140 Å². The Morgan fingerprint density at radius 2 is 0.909 bits per heavy atom. The van der Waals surface area contributed by atoms with Crippen LogP contribution in [0.15, 0.2) is 0 Å². The summed E-state index contributed by atoms with van der Waals surface area (Å²) in [6.45, 7) is 4.54. The molecule has 0 aliphatic carbocycles. The van der Waals surface area contributed by atoms with Crippen molar-refractivity contribution in [3.8, 4) is 0 Å². The highest BCUT2D eigenvalue weighted by molar-refractivity contribution is 7.63. The first-order valence-electron chi connectivity index (χ1n) is 6.77. The minimum absolute atomic E-state index is 0.0230. The van der Waals surface area contributed by atoms with Crippen LogP contribution in [0.3, 0.4) is 0 Å². The highest BCUT2D eigenvalue weighted by atomic mass is 31.2. The van der Waals surface area contributed by atoms with Gasteiger partial charge in [0.25, 0.3) is 0 Å². The van der Waals surface area contributed by atoms with Crippen molar-refractivity contribution in [2.75, 3.05) is 37.5 Å². The SMILES string of the molecule is CCP(=O)(CO)[O][Al]([O]P(=O)(CC)CO)[O]P(=O)(CC)CO. The molecule has 22 heavy (non-hydrogen) atoms. The minimum Gasteiger partial charge on any atom is -0.404 e. The first-order valence-corrected chi connectivity index (χ1v) is 14.2. The predicted octanol–water partition coefficient (Wildman–Crippen LogP) is 1.76. The van der Waals surface area contributed by atoms with Crippen LogP contribution in [-0.2, 0) is 24.4 Å². The van der Waals surface area contributed by atoms with Crippen molar-refractivity contribution >= 4 is 37.3 Å². The molecule has 0 heterocycles. The van der Waals surface area contributed by atoms with E-state index in [0.29, 0.717) is 0 Å². The molecule has 0 aliphatic heterocycles. The summed E-state index contributed by atoms with van der Waals surface area (Å²) in [6, 6.07) is 0. The molecule has 3 N–H and O–H groups in total. The zero-order valence-corrected chi connectivity index (χ0v) is 16.8. The smallest absolute Gasteiger partial charge is 0.404 e. The van der Waals surface area contributed by atoms with Crippen LogP contribution in [0.2, 0.25) is 0 Å². The molecule has 0 fully saturated rings. The zero-order chi connectivity index (χ0) is 17.4. The van der Waals surface area contributed by atoms with E-state index >= 15 is 0 Å². The van der Waals surface area contributed by atoms with Crippen LogP contribution in [0.5, 0.6) is 0 Å². The maximum Gasteiger partial charge on any atom is 0.921 e. The van der Waals surface area contributed by atoms with E-state index < -0.39 is 56.3 Å². The third-order valence-corrected chi connectivity index (χ3v) is 13.8. The Bertz CT molecular complexity index is 381. The molecule has 9 nitrogen and oxygen atoms in total. The Morgan fingerprint density at radius 1 is 0.682 bits per heavy atom. The Morgan fingerprint density at radius 3 is 1.05 bits per heavy atom. The molecule has 0 radical (unpaired) electrons. The molecule has 0 aliphatic rings. The molecule has 0 aromatic heterocycles. The van der Waals surface area contributed by atoms with E-state index in [9.17, 15) is 13.7 Å². The number of aliphatic hydroxyl groups is 3. The normalized spacial score (nSPS) is 19.9. The Balaban J connectivity index is 5.36. The lowest BCUT2D eigenvalue weighted by Gasteiger charge is -2.25. The van der Waals surface area contributed by atoms with Gasteiger partial charge in [-0.15, -0.1) is 0 Å². The summed E-state index contributed by atoms with van der Waals surface area (Å²) < 4.78 is 52.1. The molecule has 0 rings (SSSR count). The number of hydrogen-bond donors (Lipinski definition) is 3. The van der Waals surface area contributed by atoms with Gasteiger partial charge in [0.1, 0.15) is 19.0 Å². The lowest BCUT2D eigenvalue weighted by Crippen LogP contribution is -2.27. The fraction of sp³-hybridized carbons (Fsp3) is 1.00. The molecule has 0 aromatic carbocycles. The number of hydrogen-bond acceptors (Lipinski definition) is 9. The molecule has 0 bridgehead atoms. The molecule has 0 spiro atoms. The summed E-state index contributed by atoms with van der Waals surface area (Å²) in [7, 11) is -10.5. The fourth-order valence-corrected chi connectivity index (χ4v) is 9.61. The van der Waals surface area contributed by atoms with E-state index in [1.54, 1.807) is 0 Å². The Hall–Kier alpha value is 0.982. The molecule has 0 saturated heterocycles. The van der Waals surface area contributed by atoms with Gasteiger partial charge in [0.05, 0.1) is 0 Å². The number of aliphatic hydroxyl groups excluding tert-OH is 3. The first kappa shape index (κ1) is 23.0. The van der Waals surface area contributed by atoms with Crippen molar-refractivity contribution in [2.45, 2.75) is 20.8 Å². The average molecular weight is 396 g/mol. The van der Waals surface area contributed by atoms with Crippen LogP contribution < -0.4 is 0 Å². The van der Waals surface area contributed by atoms with Crippen LogP contribution >= 0.6 is 22.1 Å². The molecular formula is C9H24AlO9P3. The van der Waals surface area contributed by atoms with E-state index in [-0.39, 0.29) is 18.5 Å². The van der Waals surface area contributed by atoms with Gasteiger partial charge in [0.15, 0.2) is 0 Å². The van der Waals surface area contributed by atoms with Crippen LogP contribution in [0.1, 0.15) is 20.8 Å². The molecule has 13 heteroatoms. The monoisotopic (exact) mass is 396 g/mol. The van der Waals surface area contributed by atoms with Crippen LogP contribution in [0, 0.1) is 0 Å². The highest BCUT2D eigenvalue weighted by Gasteiger charge is 2.47. The molecule has 3 atom stereocenters. The van der Waals surface area contributed by atoms with Crippen molar-refractivity contribution in [2.24, 2.45) is 0 Å². The molecule has 3 unspecified atom stereocenters. The summed E-state index contributed by atoms with van der Waals surface area (Å²) >= 11 is -3.48. The maximum absolute atomic E-state index is 12.2. The van der Waals surface area contributed by atoms with Crippen molar-refractivity contribution in [1.82, 2.24) is 0 Å². The van der Waals surface area contributed by atoms with Crippen LogP contribution in [0.4, 0.5) is 0 Å². The standard InChI is InChI=1S/3C3H9O3P.Al/c3*1-2-7(5,6)3-4;/h3*4H,2-3H2,1H3,(H,5,6);/q;;;+3/p-3. The zero-order valence-electron chi connectivity index (χ0n) is 13.0. The predicted molar refractivity (Wildman–Crippen MR) is 84.7 cm³/mol. The Labute approximate surface area is 135 Å².